The molecule has 2 heterocycles. The van der Waals surface area contributed by atoms with Gasteiger partial charge in [0.05, 0.1) is 11.9 Å². The minimum Gasteiger partial charge on any atom is -0.370 e. The molecule has 0 aliphatic carbocycles. The molecule has 1 aromatic carbocycles. The van der Waals surface area contributed by atoms with Crippen molar-refractivity contribution < 1.29 is 4.79 Å². The van der Waals surface area contributed by atoms with Crippen molar-refractivity contribution in [3.63, 3.8) is 0 Å². The molecule has 3 aromatic rings. The van der Waals surface area contributed by atoms with Crippen molar-refractivity contribution in [3.05, 3.63) is 42.9 Å². The van der Waals surface area contributed by atoms with Crippen LogP contribution in [-0.2, 0) is 4.79 Å². The Bertz CT molecular complexity index is 791. The number of carbonyl (C=O) groups excluding carboxylic acids is 1. The maximum atomic E-state index is 11.0. The van der Waals surface area contributed by atoms with Crippen LogP contribution in [0.25, 0.3) is 16.9 Å². The summed E-state index contributed by atoms with van der Waals surface area (Å²) in [7, 11) is 1.82. The highest BCUT2D eigenvalue weighted by Crippen LogP contribution is 2.24. The highest BCUT2D eigenvalue weighted by Gasteiger charge is 2.09. The normalized spacial score (nSPS) is 10.6. The van der Waals surface area contributed by atoms with Gasteiger partial charge in [-0.25, -0.2) is 9.97 Å². The Kier molecular flexibility index (Phi) is 3.27. The topological polar surface area (TPSA) is 71.3 Å². The van der Waals surface area contributed by atoms with Crippen molar-refractivity contribution in [1.29, 1.82) is 0 Å². The fourth-order valence-corrected chi connectivity index (χ4v) is 2.24. The number of rotatable bonds is 3. The molecule has 21 heavy (non-hydrogen) atoms. The summed E-state index contributed by atoms with van der Waals surface area (Å²) < 4.78 is 1.98. The van der Waals surface area contributed by atoms with Crippen molar-refractivity contribution in [3.8, 4) is 11.3 Å². The molecule has 0 unspecified atom stereocenters. The number of nitrogens with zero attached hydrogens (tertiary/aromatic N) is 3. The van der Waals surface area contributed by atoms with E-state index in [0.29, 0.717) is 0 Å². The van der Waals surface area contributed by atoms with E-state index < -0.39 is 0 Å². The number of fused-ring (bicyclic) bond motifs is 1. The molecular formula is C15H15N5O. The van der Waals surface area contributed by atoms with Crippen LogP contribution in [0.2, 0.25) is 0 Å². The Hall–Kier alpha value is -2.89. The Morgan fingerprint density at radius 2 is 1.95 bits per heavy atom. The molecule has 0 aliphatic rings. The van der Waals surface area contributed by atoms with Crippen molar-refractivity contribution in [2.24, 2.45) is 0 Å². The van der Waals surface area contributed by atoms with E-state index in [9.17, 15) is 4.79 Å². The standard InChI is InChI=1S/C15H15N5O/c1-10(21)19-12-5-3-11(4-6-12)13-9-18-15-14(16-2)17-7-8-20(13)15/h3-9H,1-2H3,(H,16,17)(H,19,21). The van der Waals surface area contributed by atoms with Crippen molar-refractivity contribution in [2.75, 3.05) is 17.7 Å². The second-order valence-electron chi connectivity index (χ2n) is 4.62. The lowest BCUT2D eigenvalue weighted by Gasteiger charge is -2.06. The van der Waals surface area contributed by atoms with E-state index in [2.05, 4.69) is 20.6 Å². The molecule has 0 radical (unpaired) electrons. The maximum absolute atomic E-state index is 11.0. The molecule has 3 rings (SSSR count). The van der Waals surface area contributed by atoms with E-state index in [4.69, 9.17) is 0 Å². The Morgan fingerprint density at radius 3 is 2.62 bits per heavy atom. The van der Waals surface area contributed by atoms with E-state index in [1.807, 2.05) is 48.1 Å². The minimum atomic E-state index is -0.0812. The number of imidazole rings is 1. The summed E-state index contributed by atoms with van der Waals surface area (Å²) in [4.78, 5) is 19.7. The summed E-state index contributed by atoms with van der Waals surface area (Å²) in [5, 5.41) is 5.77. The highest BCUT2D eigenvalue weighted by atomic mass is 16.1. The zero-order chi connectivity index (χ0) is 14.8. The first kappa shape index (κ1) is 13.1. The smallest absolute Gasteiger partial charge is 0.221 e. The summed E-state index contributed by atoms with van der Waals surface area (Å²) in [6.07, 6.45) is 5.42. The molecule has 1 amide bonds. The largest absolute Gasteiger partial charge is 0.370 e. The number of benzene rings is 1. The molecule has 0 fully saturated rings. The monoisotopic (exact) mass is 281 g/mol. The van der Waals surface area contributed by atoms with Crippen LogP contribution in [0.3, 0.4) is 0 Å². The summed E-state index contributed by atoms with van der Waals surface area (Å²) in [6, 6.07) is 7.65. The molecule has 2 N–H and O–H groups in total. The van der Waals surface area contributed by atoms with Gasteiger partial charge >= 0.3 is 0 Å². The first-order chi connectivity index (χ1) is 10.2. The highest BCUT2D eigenvalue weighted by molar-refractivity contribution is 5.89. The van der Waals surface area contributed by atoms with Gasteiger partial charge in [0.25, 0.3) is 0 Å². The van der Waals surface area contributed by atoms with Crippen LogP contribution >= 0.6 is 0 Å². The van der Waals surface area contributed by atoms with Crippen LogP contribution in [0.5, 0.6) is 0 Å². The number of hydrogen-bond donors (Lipinski definition) is 2. The first-order valence-electron chi connectivity index (χ1n) is 6.57. The van der Waals surface area contributed by atoms with Gasteiger partial charge in [-0.05, 0) is 12.1 Å². The second-order valence-corrected chi connectivity index (χ2v) is 4.62. The van der Waals surface area contributed by atoms with Gasteiger partial charge in [-0.2, -0.15) is 0 Å². The molecule has 106 valence electrons. The lowest BCUT2D eigenvalue weighted by atomic mass is 10.1. The van der Waals surface area contributed by atoms with Crippen molar-refractivity contribution in [2.45, 2.75) is 6.92 Å². The third kappa shape index (κ3) is 2.43. The zero-order valence-electron chi connectivity index (χ0n) is 11.8. The van der Waals surface area contributed by atoms with Gasteiger partial charge in [-0.15, -0.1) is 0 Å². The lowest BCUT2D eigenvalue weighted by molar-refractivity contribution is -0.114. The van der Waals surface area contributed by atoms with Crippen LogP contribution in [0.1, 0.15) is 6.92 Å². The second kappa shape index (κ2) is 5.24. The van der Waals surface area contributed by atoms with Gasteiger partial charge in [-0.3, -0.25) is 9.20 Å². The number of aromatic nitrogens is 3. The Balaban J connectivity index is 2.02. The number of amides is 1. The number of nitrogens with one attached hydrogen (secondary N) is 2. The Morgan fingerprint density at radius 1 is 1.19 bits per heavy atom. The van der Waals surface area contributed by atoms with Gasteiger partial charge in [-0.1, -0.05) is 12.1 Å². The fourth-order valence-electron chi connectivity index (χ4n) is 2.24. The SMILES string of the molecule is CNc1nccn2c(-c3ccc(NC(C)=O)cc3)cnc12. The molecule has 6 nitrogen and oxygen atoms in total. The average Bonchev–Trinajstić information content (AvgIpc) is 2.91. The molecule has 0 saturated carbocycles. The van der Waals surface area contributed by atoms with Crippen LogP contribution in [0.4, 0.5) is 11.5 Å². The molecule has 0 bridgehead atoms. The quantitative estimate of drug-likeness (QED) is 0.773. The summed E-state index contributed by atoms with van der Waals surface area (Å²) in [5.41, 5.74) is 3.54. The van der Waals surface area contributed by atoms with Crippen LogP contribution in [0, 0.1) is 0 Å². The van der Waals surface area contributed by atoms with E-state index >= 15 is 0 Å². The van der Waals surface area contributed by atoms with E-state index in [1.54, 1.807) is 6.20 Å². The molecule has 0 aliphatic heterocycles. The van der Waals surface area contributed by atoms with Gasteiger partial charge in [0.15, 0.2) is 11.5 Å². The maximum Gasteiger partial charge on any atom is 0.221 e. The third-order valence-electron chi connectivity index (χ3n) is 3.17. The minimum absolute atomic E-state index is 0.0812. The molecule has 0 spiro atoms. The van der Waals surface area contributed by atoms with Gasteiger partial charge < -0.3 is 10.6 Å². The zero-order valence-corrected chi connectivity index (χ0v) is 11.8. The van der Waals surface area contributed by atoms with E-state index in [1.165, 1.54) is 6.92 Å². The summed E-state index contributed by atoms with van der Waals surface area (Å²) in [5.74, 6) is 0.654. The summed E-state index contributed by atoms with van der Waals surface area (Å²) in [6.45, 7) is 1.49. The molecule has 6 heteroatoms. The predicted octanol–water partition coefficient (Wildman–Crippen LogP) is 2.40. The molecule has 0 atom stereocenters. The number of hydrogen-bond acceptors (Lipinski definition) is 4. The van der Waals surface area contributed by atoms with Gasteiger partial charge in [0, 0.05) is 37.6 Å². The third-order valence-corrected chi connectivity index (χ3v) is 3.17. The van der Waals surface area contributed by atoms with E-state index in [0.717, 1.165) is 28.4 Å². The van der Waals surface area contributed by atoms with Crippen LogP contribution in [-0.4, -0.2) is 27.3 Å². The number of anilines is 2. The first-order valence-corrected chi connectivity index (χ1v) is 6.57. The summed E-state index contributed by atoms with van der Waals surface area (Å²) >= 11 is 0. The molecule has 2 aromatic heterocycles. The average molecular weight is 281 g/mol. The van der Waals surface area contributed by atoms with Crippen LogP contribution in [0.15, 0.2) is 42.9 Å². The van der Waals surface area contributed by atoms with Gasteiger partial charge in [0.2, 0.25) is 5.91 Å². The molecule has 0 saturated heterocycles. The number of carbonyl (C=O) groups is 1. The van der Waals surface area contributed by atoms with Crippen LogP contribution < -0.4 is 10.6 Å². The van der Waals surface area contributed by atoms with Crippen molar-refractivity contribution in [1.82, 2.24) is 14.4 Å². The Labute approximate surface area is 121 Å². The fraction of sp³-hybridized carbons (Fsp3) is 0.133. The van der Waals surface area contributed by atoms with Crippen molar-refractivity contribution >= 4 is 23.1 Å². The van der Waals surface area contributed by atoms with E-state index in [-0.39, 0.29) is 5.91 Å². The lowest BCUT2D eigenvalue weighted by Crippen LogP contribution is -2.05. The molecular weight excluding hydrogens is 266 g/mol. The van der Waals surface area contributed by atoms with Gasteiger partial charge in [0.1, 0.15) is 0 Å². The predicted molar refractivity (Wildman–Crippen MR) is 82.3 cm³/mol.